The van der Waals surface area contributed by atoms with Crippen molar-refractivity contribution >= 4 is 0 Å². The Morgan fingerprint density at radius 2 is 2.05 bits per heavy atom. The van der Waals surface area contributed by atoms with E-state index in [4.69, 9.17) is 4.74 Å². The number of rotatable bonds is 4. The Labute approximate surface area is 122 Å². The maximum absolute atomic E-state index is 5.83. The van der Waals surface area contributed by atoms with Crippen molar-refractivity contribution < 1.29 is 4.74 Å². The molecule has 110 valence electrons. The minimum absolute atomic E-state index is 0.340. The molecule has 0 spiro atoms. The molecule has 1 saturated carbocycles. The first-order valence-electron chi connectivity index (χ1n) is 8.30. The number of nitrogens with one attached hydrogen (secondary N) is 1. The van der Waals surface area contributed by atoms with Crippen LogP contribution in [0.3, 0.4) is 0 Å². The van der Waals surface area contributed by atoms with Crippen molar-refractivity contribution in [3.05, 3.63) is 29.3 Å². The largest absolute Gasteiger partial charge is 0.490 e. The summed E-state index contributed by atoms with van der Waals surface area (Å²) in [6.07, 6.45) is 8.38. The zero-order valence-electron chi connectivity index (χ0n) is 12.8. The Balaban J connectivity index is 1.82. The average molecular weight is 273 g/mol. The maximum atomic E-state index is 5.83. The van der Waals surface area contributed by atoms with Gasteiger partial charge in [-0.25, -0.2) is 0 Å². The molecule has 2 nitrogen and oxygen atoms in total. The van der Waals surface area contributed by atoms with Gasteiger partial charge in [0.2, 0.25) is 0 Å². The van der Waals surface area contributed by atoms with Gasteiger partial charge in [0, 0.05) is 12.5 Å². The van der Waals surface area contributed by atoms with Crippen LogP contribution in [0.25, 0.3) is 0 Å². The van der Waals surface area contributed by atoms with Crippen LogP contribution in [-0.4, -0.2) is 12.6 Å². The molecule has 1 fully saturated rings. The van der Waals surface area contributed by atoms with Crippen LogP contribution in [0.15, 0.2) is 18.2 Å². The van der Waals surface area contributed by atoms with Crippen LogP contribution >= 0.6 is 0 Å². The van der Waals surface area contributed by atoms with Crippen molar-refractivity contribution in [3.63, 3.8) is 0 Å². The van der Waals surface area contributed by atoms with Gasteiger partial charge in [0.15, 0.2) is 0 Å². The van der Waals surface area contributed by atoms with E-state index >= 15 is 0 Å². The van der Waals surface area contributed by atoms with Gasteiger partial charge in [-0.3, -0.25) is 0 Å². The van der Waals surface area contributed by atoms with E-state index in [1.165, 1.54) is 43.2 Å². The Hall–Kier alpha value is -1.02. The van der Waals surface area contributed by atoms with Gasteiger partial charge in [0.1, 0.15) is 11.9 Å². The zero-order chi connectivity index (χ0) is 13.9. The summed E-state index contributed by atoms with van der Waals surface area (Å²) >= 11 is 0. The predicted molar refractivity (Wildman–Crippen MR) is 83.2 cm³/mol. The van der Waals surface area contributed by atoms with Crippen LogP contribution in [0.5, 0.6) is 5.75 Å². The second-order valence-corrected chi connectivity index (χ2v) is 6.43. The summed E-state index contributed by atoms with van der Waals surface area (Å²) in [4.78, 5) is 0. The molecule has 2 heteroatoms. The summed E-state index contributed by atoms with van der Waals surface area (Å²) in [6.45, 7) is 5.42. The highest BCUT2D eigenvalue weighted by Gasteiger charge is 2.26. The molecule has 1 aliphatic heterocycles. The van der Waals surface area contributed by atoms with Crippen LogP contribution in [0.2, 0.25) is 0 Å². The molecule has 20 heavy (non-hydrogen) atoms. The van der Waals surface area contributed by atoms with Crippen molar-refractivity contribution in [2.24, 2.45) is 5.92 Å². The number of hydrogen-bond donors (Lipinski definition) is 1. The zero-order valence-corrected chi connectivity index (χ0v) is 12.8. The molecule has 3 rings (SSSR count). The SMILES string of the molecule is CCNC(c1ccc2c(c1)CC(C)O2)C1CCCCC1. The fourth-order valence-electron chi connectivity index (χ4n) is 3.88. The van der Waals surface area contributed by atoms with Gasteiger partial charge in [-0.15, -0.1) is 0 Å². The predicted octanol–water partition coefficient (Wildman–Crippen LogP) is 4.24. The third-order valence-corrected chi connectivity index (χ3v) is 4.82. The first-order valence-corrected chi connectivity index (χ1v) is 8.30. The lowest BCUT2D eigenvalue weighted by molar-refractivity contribution is 0.254. The molecule has 0 bridgehead atoms. The molecule has 0 saturated heterocycles. The second-order valence-electron chi connectivity index (χ2n) is 6.43. The van der Waals surface area contributed by atoms with Gasteiger partial charge < -0.3 is 10.1 Å². The van der Waals surface area contributed by atoms with Gasteiger partial charge in [-0.2, -0.15) is 0 Å². The van der Waals surface area contributed by atoms with E-state index in [1.54, 1.807) is 0 Å². The van der Waals surface area contributed by atoms with E-state index in [1.807, 2.05) is 0 Å². The molecule has 0 radical (unpaired) electrons. The van der Waals surface area contributed by atoms with Gasteiger partial charge >= 0.3 is 0 Å². The number of hydrogen-bond acceptors (Lipinski definition) is 2. The molecule has 1 aromatic carbocycles. The molecule has 2 atom stereocenters. The molecule has 1 heterocycles. The van der Waals surface area contributed by atoms with E-state index < -0.39 is 0 Å². The fourth-order valence-corrected chi connectivity index (χ4v) is 3.88. The highest BCUT2D eigenvalue weighted by Crippen LogP contribution is 2.37. The Morgan fingerprint density at radius 3 is 2.80 bits per heavy atom. The molecule has 0 aromatic heterocycles. The van der Waals surface area contributed by atoms with E-state index in [9.17, 15) is 0 Å². The summed E-state index contributed by atoms with van der Waals surface area (Å²) in [5.41, 5.74) is 2.86. The van der Waals surface area contributed by atoms with Crippen molar-refractivity contribution in [2.45, 2.75) is 64.5 Å². The summed E-state index contributed by atoms with van der Waals surface area (Å²) in [6, 6.07) is 7.38. The van der Waals surface area contributed by atoms with Gasteiger partial charge in [0.25, 0.3) is 0 Å². The molecular weight excluding hydrogens is 246 g/mol. The minimum Gasteiger partial charge on any atom is -0.490 e. The number of benzene rings is 1. The van der Waals surface area contributed by atoms with E-state index in [0.29, 0.717) is 12.1 Å². The number of fused-ring (bicyclic) bond motifs is 1. The Bertz CT molecular complexity index is 451. The summed E-state index contributed by atoms with van der Waals surface area (Å²) in [7, 11) is 0. The van der Waals surface area contributed by atoms with Crippen molar-refractivity contribution in [1.82, 2.24) is 5.32 Å². The van der Waals surface area contributed by atoms with Gasteiger partial charge in [-0.05, 0) is 49.4 Å². The minimum atomic E-state index is 0.340. The standard InChI is InChI=1S/C18H27NO/c1-3-19-18(14-7-5-4-6-8-14)15-9-10-17-16(12-15)11-13(2)20-17/h9-10,12-14,18-19H,3-8,11H2,1-2H3. The molecule has 2 aliphatic rings. The topological polar surface area (TPSA) is 21.3 Å². The highest BCUT2D eigenvalue weighted by atomic mass is 16.5. The monoisotopic (exact) mass is 273 g/mol. The molecule has 1 aromatic rings. The first kappa shape index (κ1) is 13.9. The summed E-state index contributed by atoms with van der Waals surface area (Å²) < 4.78 is 5.83. The van der Waals surface area contributed by atoms with Crippen molar-refractivity contribution in [2.75, 3.05) is 6.54 Å². The Morgan fingerprint density at radius 1 is 1.25 bits per heavy atom. The average Bonchev–Trinajstić information content (AvgIpc) is 2.84. The van der Waals surface area contributed by atoms with Crippen LogP contribution in [0.4, 0.5) is 0 Å². The van der Waals surface area contributed by atoms with E-state index in [2.05, 4.69) is 37.4 Å². The third kappa shape index (κ3) is 2.85. The van der Waals surface area contributed by atoms with E-state index in [-0.39, 0.29) is 0 Å². The lowest BCUT2D eigenvalue weighted by Gasteiger charge is -2.31. The van der Waals surface area contributed by atoms with Crippen molar-refractivity contribution in [1.29, 1.82) is 0 Å². The Kier molecular flexibility index (Phi) is 4.30. The maximum Gasteiger partial charge on any atom is 0.123 e. The van der Waals surface area contributed by atoms with Crippen LogP contribution in [-0.2, 0) is 6.42 Å². The second kappa shape index (κ2) is 6.17. The lowest BCUT2D eigenvalue weighted by Crippen LogP contribution is -2.29. The smallest absolute Gasteiger partial charge is 0.123 e. The van der Waals surface area contributed by atoms with Crippen molar-refractivity contribution in [3.8, 4) is 5.75 Å². The number of ether oxygens (including phenoxy) is 1. The molecule has 0 amide bonds. The normalized spacial score (nSPS) is 24.2. The fraction of sp³-hybridized carbons (Fsp3) is 0.667. The lowest BCUT2D eigenvalue weighted by atomic mass is 9.80. The highest BCUT2D eigenvalue weighted by molar-refractivity contribution is 5.41. The summed E-state index contributed by atoms with van der Waals surface area (Å²) in [5.74, 6) is 1.90. The summed E-state index contributed by atoms with van der Waals surface area (Å²) in [5, 5.41) is 3.73. The molecule has 1 aliphatic carbocycles. The third-order valence-electron chi connectivity index (χ3n) is 4.82. The van der Waals surface area contributed by atoms with Crippen LogP contribution < -0.4 is 10.1 Å². The van der Waals surface area contributed by atoms with E-state index in [0.717, 1.165) is 24.6 Å². The molecule has 2 unspecified atom stereocenters. The van der Waals surface area contributed by atoms with Gasteiger partial charge in [-0.1, -0.05) is 38.3 Å². The van der Waals surface area contributed by atoms with Gasteiger partial charge in [0.05, 0.1) is 0 Å². The van der Waals surface area contributed by atoms with Crippen LogP contribution in [0, 0.1) is 5.92 Å². The quantitative estimate of drug-likeness (QED) is 0.886. The molecular formula is C18H27NO. The van der Waals surface area contributed by atoms with Crippen LogP contribution in [0.1, 0.15) is 63.1 Å². The first-order chi connectivity index (χ1) is 9.78. The molecule has 1 N–H and O–H groups in total.